The maximum atomic E-state index is 13.7. The molecule has 1 aromatic heterocycles. The minimum Gasteiger partial charge on any atom is -0.468 e. The molecule has 4 atom stereocenters. The molecule has 0 aliphatic carbocycles. The van der Waals surface area contributed by atoms with E-state index in [1.165, 1.54) is 56.0 Å². The van der Waals surface area contributed by atoms with E-state index >= 15 is 0 Å². The number of fused-ring (bicyclic) bond motifs is 3. The highest BCUT2D eigenvalue weighted by Crippen LogP contribution is 2.45. The molecular formula is C37H43FN4O2. The lowest BCUT2D eigenvalue weighted by atomic mass is 9.70. The molecule has 4 heterocycles. The number of ether oxygens (including phenoxy) is 1. The number of piperidine rings is 2. The van der Waals surface area contributed by atoms with Crippen LogP contribution in [0.5, 0.6) is 0 Å². The van der Waals surface area contributed by atoms with Crippen molar-refractivity contribution in [3.8, 4) is 0 Å². The van der Waals surface area contributed by atoms with Crippen LogP contribution in [0, 0.1) is 12.7 Å². The standard InChI is InChI=1S/C37H43FN4O2/c1-26-39-33-10-6-7-11-34(33)42(26)32-24-30-16-17-31(25-32)41(30)23-20-37(28-8-4-3-5-9-28)18-21-40(22-19-37)35(36(43)44-2)27-12-14-29(38)15-13-27/h3-15,30-32,35H,16-25H2,1-2H3/t30-,31+,32+,35?. The summed E-state index contributed by atoms with van der Waals surface area (Å²) < 4.78 is 21.4. The number of carbonyl (C=O) groups is 1. The molecule has 1 unspecified atom stereocenters. The van der Waals surface area contributed by atoms with E-state index in [1.807, 2.05) is 0 Å². The van der Waals surface area contributed by atoms with Gasteiger partial charge in [-0.2, -0.15) is 0 Å². The zero-order valence-corrected chi connectivity index (χ0v) is 25.9. The molecule has 0 spiro atoms. The Kier molecular flexibility index (Phi) is 8.02. The van der Waals surface area contributed by atoms with Gasteiger partial charge in [-0.25, -0.2) is 14.2 Å². The molecule has 3 aliphatic rings. The van der Waals surface area contributed by atoms with Gasteiger partial charge in [-0.3, -0.25) is 9.80 Å². The highest BCUT2D eigenvalue weighted by atomic mass is 19.1. The number of aromatic nitrogens is 2. The number of likely N-dealkylation sites (tertiary alicyclic amines) is 1. The van der Waals surface area contributed by atoms with Gasteiger partial charge in [0.05, 0.1) is 18.1 Å². The van der Waals surface area contributed by atoms with Crippen LogP contribution in [0.2, 0.25) is 0 Å². The van der Waals surface area contributed by atoms with Gasteiger partial charge in [0.2, 0.25) is 0 Å². The molecule has 44 heavy (non-hydrogen) atoms. The molecule has 6 nitrogen and oxygen atoms in total. The largest absolute Gasteiger partial charge is 0.468 e. The van der Waals surface area contributed by atoms with Gasteiger partial charge in [0.1, 0.15) is 17.7 Å². The lowest BCUT2D eigenvalue weighted by Gasteiger charge is -2.46. The van der Waals surface area contributed by atoms with E-state index in [2.05, 4.69) is 75.9 Å². The number of methoxy groups -OCH3 is 1. The summed E-state index contributed by atoms with van der Waals surface area (Å²) in [4.78, 5) is 22.9. The van der Waals surface area contributed by atoms with Gasteiger partial charge >= 0.3 is 5.97 Å². The summed E-state index contributed by atoms with van der Waals surface area (Å²) >= 11 is 0. The van der Waals surface area contributed by atoms with Crippen LogP contribution in [0.15, 0.2) is 78.9 Å². The van der Waals surface area contributed by atoms with E-state index in [-0.39, 0.29) is 17.2 Å². The van der Waals surface area contributed by atoms with Crippen molar-refractivity contribution in [2.75, 3.05) is 26.7 Å². The van der Waals surface area contributed by atoms with Gasteiger partial charge in [-0.15, -0.1) is 0 Å². The zero-order chi connectivity index (χ0) is 30.3. The quantitative estimate of drug-likeness (QED) is 0.206. The molecule has 3 aromatic carbocycles. The molecule has 3 saturated heterocycles. The molecule has 0 saturated carbocycles. The molecule has 3 aliphatic heterocycles. The van der Waals surface area contributed by atoms with Crippen LogP contribution < -0.4 is 0 Å². The topological polar surface area (TPSA) is 50.6 Å². The first-order valence-electron chi connectivity index (χ1n) is 16.3. The Morgan fingerprint density at radius 1 is 0.932 bits per heavy atom. The smallest absolute Gasteiger partial charge is 0.327 e. The van der Waals surface area contributed by atoms with E-state index in [0.717, 1.165) is 55.8 Å². The fourth-order valence-electron chi connectivity index (χ4n) is 8.73. The first kappa shape index (κ1) is 29.2. The third-order valence-electron chi connectivity index (χ3n) is 11.0. The molecule has 3 fully saturated rings. The molecule has 2 bridgehead atoms. The first-order chi connectivity index (χ1) is 21.5. The predicted molar refractivity (Wildman–Crippen MR) is 171 cm³/mol. The molecule has 0 N–H and O–H groups in total. The van der Waals surface area contributed by atoms with Crippen molar-refractivity contribution in [1.82, 2.24) is 19.4 Å². The Morgan fingerprint density at radius 3 is 2.27 bits per heavy atom. The summed E-state index contributed by atoms with van der Waals surface area (Å²) in [5.41, 5.74) is 4.60. The van der Waals surface area contributed by atoms with E-state index in [1.54, 1.807) is 12.1 Å². The number of para-hydroxylation sites is 2. The average Bonchev–Trinajstić information content (AvgIpc) is 3.52. The van der Waals surface area contributed by atoms with E-state index in [4.69, 9.17) is 9.72 Å². The van der Waals surface area contributed by atoms with E-state index in [0.29, 0.717) is 18.1 Å². The van der Waals surface area contributed by atoms with Crippen LogP contribution in [-0.4, -0.2) is 64.1 Å². The Hall–Kier alpha value is -3.55. The summed E-state index contributed by atoms with van der Waals surface area (Å²) in [7, 11) is 1.44. The number of benzene rings is 3. The average molecular weight is 595 g/mol. The maximum Gasteiger partial charge on any atom is 0.327 e. The van der Waals surface area contributed by atoms with Gasteiger partial charge in [0.25, 0.3) is 0 Å². The number of hydrogen-bond acceptors (Lipinski definition) is 5. The molecule has 7 heteroatoms. The Morgan fingerprint density at radius 2 is 1.59 bits per heavy atom. The first-order valence-corrected chi connectivity index (χ1v) is 16.3. The van der Waals surface area contributed by atoms with Gasteiger partial charge in [-0.05, 0) is 99.2 Å². The third-order valence-corrected chi connectivity index (χ3v) is 11.0. The number of aryl methyl sites for hydroxylation is 1. The fraction of sp³-hybridized carbons (Fsp3) is 0.459. The Bertz CT molecular complexity index is 1580. The van der Waals surface area contributed by atoms with Crippen LogP contribution in [0.25, 0.3) is 11.0 Å². The second-order valence-electron chi connectivity index (χ2n) is 13.2. The van der Waals surface area contributed by atoms with Crippen molar-refractivity contribution in [2.24, 2.45) is 0 Å². The molecule has 0 radical (unpaired) electrons. The number of hydrogen-bond donors (Lipinski definition) is 0. The van der Waals surface area contributed by atoms with Crippen molar-refractivity contribution in [3.63, 3.8) is 0 Å². The number of carbonyl (C=O) groups excluding carboxylic acids is 1. The Balaban J connectivity index is 1.08. The summed E-state index contributed by atoms with van der Waals surface area (Å²) in [6.07, 6.45) is 7.96. The molecule has 0 amide bonds. The van der Waals surface area contributed by atoms with Crippen molar-refractivity contribution >= 4 is 17.0 Å². The van der Waals surface area contributed by atoms with Crippen LogP contribution >= 0.6 is 0 Å². The van der Waals surface area contributed by atoms with Crippen molar-refractivity contribution in [3.05, 3.63) is 102 Å². The molecular weight excluding hydrogens is 551 g/mol. The van der Waals surface area contributed by atoms with Crippen molar-refractivity contribution in [1.29, 1.82) is 0 Å². The van der Waals surface area contributed by atoms with Crippen LogP contribution in [0.1, 0.15) is 74.0 Å². The predicted octanol–water partition coefficient (Wildman–Crippen LogP) is 6.99. The minimum absolute atomic E-state index is 0.0503. The number of imidazole rings is 1. The van der Waals surface area contributed by atoms with E-state index < -0.39 is 6.04 Å². The van der Waals surface area contributed by atoms with Gasteiger partial charge < -0.3 is 9.30 Å². The van der Waals surface area contributed by atoms with Crippen molar-refractivity contribution < 1.29 is 13.9 Å². The Labute approximate surface area is 259 Å². The monoisotopic (exact) mass is 594 g/mol. The zero-order valence-electron chi connectivity index (χ0n) is 25.9. The summed E-state index contributed by atoms with van der Waals surface area (Å²) in [5, 5.41) is 0. The number of nitrogens with zero attached hydrogens (tertiary/aromatic N) is 4. The molecule has 4 aromatic rings. The summed E-state index contributed by atoms with van der Waals surface area (Å²) in [6, 6.07) is 27.0. The van der Waals surface area contributed by atoms with Gasteiger partial charge in [-0.1, -0.05) is 54.6 Å². The normalized spacial score (nSPS) is 24.4. The van der Waals surface area contributed by atoms with Crippen LogP contribution in [-0.2, 0) is 14.9 Å². The lowest BCUT2D eigenvalue weighted by molar-refractivity contribution is -0.148. The number of halogens is 1. The SMILES string of the molecule is COC(=O)C(c1ccc(F)cc1)N1CCC(CCN2[C@@H]3CC[C@H]2C[C@@H](n2c(C)nc4ccccc42)C3)(c2ccccc2)CC1. The highest BCUT2D eigenvalue weighted by Gasteiger charge is 2.45. The maximum absolute atomic E-state index is 13.7. The second-order valence-corrected chi connectivity index (χ2v) is 13.2. The third kappa shape index (κ3) is 5.34. The molecule has 7 rings (SSSR count). The fourth-order valence-corrected chi connectivity index (χ4v) is 8.73. The lowest BCUT2D eigenvalue weighted by Crippen LogP contribution is -2.49. The van der Waals surface area contributed by atoms with E-state index in [9.17, 15) is 9.18 Å². The minimum atomic E-state index is -0.521. The van der Waals surface area contributed by atoms with Crippen molar-refractivity contribution in [2.45, 2.75) is 81.5 Å². The molecule has 230 valence electrons. The van der Waals surface area contributed by atoms with Crippen LogP contribution in [0.4, 0.5) is 4.39 Å². The van der Waals surface area contributed by atoms with Gasteiger partial charge in [0.15, 0.2) is 0 Å². The summed E-state index contributed by atoms with van der Waals surface area (Å²) in [6.45, 7) is 4.83. The number of esters is 1. The number of rotatable bonds is 8. The summed E-state index contributed by atoms with van der Waals surface area (Å²) in [5.74, 6) is 0.541. The van der Waals surface area contributed by atoms with Crippen LogP contribution in [0.3, 0.4) is 0 Å². The second kappa shape index (κ2) is 12.1. The highest BCUT2D eigenvalue weighted by molar-refractivity contribution is 5.77. The van der Waals surface area contributed by atoms with Gasteiger partial charge in [0, 0.05) is 31.2 Å².